The Bertz CT molecular complexity index is 518. The molecule has 2 aliphatic rings. The van der Waals surface area contributed by atoms with Gasteiger partial charge in [0.25, 0.3) is 0 Å². The third-order valence-electron chi connectivity index (χ3n) is 4.43. The number of nitrogens with zero attached hydrogens (tertiary/aromatic N) is 1. The van der Waals surface area contributed by atoms with E-state index in [9.17, 15) is 4.39 Å². The van der Waals surface area contributed by atoms with Crippen LogP contribution in [-0.4, -0.2) is 11.6 Å². The van der Waals surface area contributed by atoms with Crippen LogP contribution in [0.4, 0.5) is 4.39 Å². The van der Waals surface area contributed by atoms with Crippen molar-refractivity contribution < 1.29 is 25.3 Å². The van der Waals surface area contributed by atoms with E-state index in [1.807, 2.05) is 18.3 Å². The van der Waals surface area contributed by atoms with Crippen molar-refractivity contribution in [2.24, 2.45) is 0 Å². The van der Waals surface area contributed by atoms with Gasteiger partial charge >= 0.3 is 130 Å². The molecule has 121 valence electrons. The van der Waals surface area contributed by atoms with Crippen molar-refractivity contribution in [3.8, 4) is 0 Å². The molecule has 0 spiro atoms. The molecule has 0 N–H and O–H groups in total. The molecule has 0 radical (unpaired) electrons. The summed E-state index contributed by atoms with van der Waals surface area (Å²) < 4.78 is 16.6. The predicted octanol–water partition coefficient (Wildman–Crippen LogP) is 4.15. The molecule has 0 aromatic carbocycles. The number of halogens is 3. The first-order chi connectivity index (χ1) is 9.84. The standard InChI is InChI=1S/C6H13Si.C5H4F.C5H4N.2ClH.Zr/c7-6-4-2-1-3-5-6;6-5-3-1-2-4-5;1-2-4-6-5-3-1;;;/h6H,1-5,7H2;1,3H,2H2;1-4H;2*1H;. The molecule has 0 saturated heterocycles. The molecule has 0 unspecified atom stereocenters. The molecule has 2 aliphatic carbocycles. The van der Waals surface area contributed by atoms with Gasteiger partial charge in [-0.3, -0.25) is 0 Å². The van der Waals surface area contributed by atoms with E-state index in [-0.39, 0.29) is 37.3 Å². The Morgan fingerprint density at radius 2 is 1.91 bits per heavy atom. The van der Waals surface area contributed by atoms with Crippen LogP contribution >= 0.6 is 24.8 Å². The van der Waals surface area contributed by atoms with Crippen LogP contribution in [-0.2, 0) is 20.9 Å². The van der Waals surface area contributed by atoms with Gasteiger partial charge in [0, 0.05) is 0 Å². The van der Waals surface area contributed by atoms with Crippen molar-refractivity contribution in [2.75, 3.05) is 0 Å². The van der Waals surface area contributed by atoms with Gasteiger partial charge in [-0.1, -0.05) is 0 Å². The molecule has 0 aliphatic heterocycles. The van der Waals surface area contributed by atoms with E-state index in [2.05, 4.69) is 17.1 Å². The zero-order chi connectivity index (χ0) is 13.8. The molecule has 1 saturated carbocycles. The van der Waals surface area contributed by atoms with Crippen molar-refractivity contribution in [3.05, 3.63) is 45.7 Å². The molecule has 1 heterocycles. The molecule has 22 heavy (non-hydrogen) atoms. The summed E-state index contributed by atoms with van der Waals surface area (Å²) in [5.74, 6) is 0.0911. The van der Waals surface area contributed by atoms with Crippen molar-refractivity contribution in [2.45, 2.75) is 44.1 Å². The number of aromatic nitrogens is 1. The molecular weight excluding hydrogens is 415 g/mol. The van der Waals surface area contributed by atoms with Crippen LogP contribution in [0.15, 0.2) is 45.7 Å². The Morgan fingerprint density at radius 1 is 1.14 bits per heavy atom. The van der Waals surface area contributed by atoms with E-state index < -0.39 is 20.9 Å². The monoisotopic (exact) mass is 436 g/mol. The van der Waals surface area contributed by atoms with E-state index in [0.717, 1.165) is 12.0 Å². The molecule has 0 amide bonds. The van der Waals surface area contributed by atoms with Gasteiger partial charge in [0.15, 0.2) is 0 Å². The van der Waals surface area contributed by atoms with Gasteiger partial charge in [0.2, 0.25) is 0 Å². The summed E-state index contributed by atoms with van der Waals surface area (Å²) in [4.78, 5) is 4.62. The summed E-state index contributed by atoms with van der Waals surface area (Å²) >= 11 is -1.97. The zero-order valence-electron chi connectivity index (χ0n) is 12.6. The summed E-state index contributed by atoms with van der Waals surface area (Å²) in [5.41, 5.74) is 0.959. The van der Waals surface area contributed by atoms with Crippen LogP contribution < -0.4 is 3.40 Å². The van der Waals surface area contributed by atoms with Crippen LogP contribution in [0.1, 0.15) is 38.5 Å². The van der Waals surface area contributed by atoms with E-state index in [1.165, 1.54) is 38.8 Å². The van der Waals surface area contributed by atoms with E-state index in [1.54, 1.807) is 6.08 Å². The van der Waals surface area contributed by atoms with Crippen molar-refractivity contribution >= 4 is 34.9 Å². The van der Waals surface area contributed by atoms with Gasteiger partial charge in [-0.05, 0) is 0 Å². The zero-order valence-corrected chi connectivity index (χ0v) is 18.1. The first-order valence-corrected chi connectivity index (χ1v) is 16.9. The normalized spacial score (nSPS) is 18.4. The Morgan fingerprint density at radius 3 is 2.50 bits per heavy atom. The average molecular weight is 439 g/mol. The van der Waals surface area contributed by atoms with Crippen LogP contribution in [0.25, 0.3) is 0 Å². The van der Waals surface area contributed by atoms with Gasteiger partial charge in [0.1, 0.15) is 0 Å². The molecule has 1 nitrogen and oxygen atoms in total. The first kappa shape index (κ1) is 20.3. The second-order valence-corrected chi connectivity index (χ2v) is 19.7. The average Bonchev–Trinajstić information content (AvgIpc) is 2.93. The fourth-order valence-electron chi connectivity index (χ4n) is 3.35. The summed E-state index contributed by atoms with van der Waals surface area (Å²) in [6.45, 7) is -0.184. The molecular formula is C16H23Cl2FNSiZr. The molecule has 6 heteroatoms. The van der Waals surface area contributed by atoms with Crippen molar-refractivity contribution in [1.82, 2.24) is 4.98 Å². The van der Waals surface area contributed by atoms with Crippen molar-refractivity contribution in [1.29, 1.82) is 0 Å². The third kappa shape index (κ3) is 5.12. The number of hydrogen-bond acceptors (Lipinski definition) is 1. The van der Waals surface area contributed by atoms with Crippen LogP contribution in [0.5, 0.6) is 0 Å². The predicted molar refractivity (Wildman–Crippen MR) is 95.6 cm³/mol. The number of pyridine rings is 1. The Kier molecular flexibility index (Phi) is 9.38. The third-order valence-corrected chi connectivity index (χ3v) is 23.3. The number of rotatable bonds is 4. The first-order valence-electron chi connectivity index (χ1n) is 7.67. The van der Waals surface area contributed by atoms with Crippen molar-refractivity contribution in [3.63, 3.8) is 0 Å². The summed E-state index contributed by atoms with van der Waals surface area (Å²) in [5, 5.41) is 0. The topological polar surface area (TPSA) is 12.9 Å². The number of hydrogen-bond donors (Lipinski definition) is 0. The fraction of sp³-hybridized carbons (Fsp3) is 0.438. The maximum atomic E-state index is 14.1. The van der Waals surface area contributed by atoms with Gasteiger partial charge < -0.3 is 0 Å². The summed E-state index contributed by atoms with van der Waals surface area (Å²) in [6.07, 6.45) is 13.5. The molecule has 1 fully saturated rings. The van der Waals surface area contributed by atoms with Gasteiger partial charge in [0.05, 0.1) is 0 Å². The van der Waals surface area contributed by atoms with Gasteiger partial charge in [-0.2, -0.15) is 0 Å². The van der Waals surface area contributed by atoms with Gasteiger partial charge in [-0.15, -0.1) is 24.8 Å². The number of allylic oxidation sites excluding steroid dienone is 4. The minimum absolute atomic E-state index is 0. The molecule has 1 aromatic heterocycles. The Balaban J connectivity index is 0.00000121. The quantitative estimate of drug-likeness (QED) is 0.644. The molecule has 1 aromatic rings. The summed E-state index contributed by atoms with van der Waals surface area (Å²) in [7, 11) is 0. The summed E-state index contributed by atoms with van der Waals surface area (Å²) in [6, 6.07) is 6.23. The molecule has 3 rings (SSSR count). The van der Waals surface area contributed by atoms with E-state index in [0.29, 0.717) is 0 Å². The van der Waals surface area contributed by atoms with Gasteiger partial charge in [-0.25, -0.2) is 0 Å². The second kappa shape index (κ2) is 10.2. The molecule has 0 bridgehead atoms. The van der Waals surface area contributed by atoms with Crippen LogP contribution in [0, 0.1) is 0 Å². The second-order valence-electron chi connectivity index (χ2n) is 5.83. The SMILES string of the molecule is Cl.Cl.FC1=[C]([Zr]([SiH2]C2CCCCC2)[c]2ccccn2)CC=C1. The Labute approximate surface area is 154 Å². The Hall–Kier alpha value is 0.240. The van der Waals surface area contributed by atoms with Crippen LogP contribution in [0.3, 0.4) is 0 Å². The fourth-order valence-corrected chi connectivity index (χ4v) is 23.0. The molecule has 0 atom stereocenters. The van der Waals surface area contributed by atoms with Crippen LogP contribution in [0.2, 0.25) is 5.54 Å². The maximum absolute atomic E-state index is 14.1. The van der Waals surface area contributed by atoms with E-state index >= 15 is 0 Å². The van der Waals surface area contributed by atoms with E-state index in [4.69, 9.17) is 0 Å². The minimum atomic E-state index is -1.97.